The normalized spacial score (nSPS) is 10.5. The summed E-state index contributed by atoms with van der Waals surface area (Å²) in [6.07, 6.45) is 0. The van der Waals surface area contributed by atoms with Gasteiger partial charge < -0.3 is 24.4 Å². The van der Waals surface area contributed by atoms with Gasteiger partial charge in [-0.2, -0.15) is 8.42 Å². The Morgan fingerprint density at radius 2 is 1.22 bits per heavy atom. The molecular formula is C39H45N5O6S. The van der Waals surface area contributed by atoms with Crippen molar-refractivity contribution < 1.29 is 27.8 Å². The number of methoxy groups -OCH3 is 2. The predicted octanol–water partition coefficient (Wildman–Crippen LogP) is 8.33. The third kappa shape index (κ3) is 8.95. The zero-order valence-electron chi connectivity index (χ0n) is 30.1. The number of imidazole rings is 1. The zero-order chi connectivity index (χ0) is 37.1. The number of rotatable bonds is 11. The number of anilines is 2. The van der Waals surface area contributed by atoms with Gasteiger partial charge in [0, 0.05) is 54.2 Å². The van der Waals surface area contributed by atoms with Crippen LogP contribution in [0.4, 0.5) is 16.2 Å². The number of benzene rings is 4. The SMILES string of the molecule is CCN(CC)c1ccc(-c2nc(-c3cc(OC)c(O)c(OC)c3)n(C(=O)N=S(=O)=O)c2-c2ccc(N(CC)CC)cc2)cc1.Cc1ccccc1. The molecular weight excluding hydrogens is 667 g/mol. The van der Waals surface area contributed by atoms with Crippen LogP contribution in [0.1, 0.15) is 33.3 Å². The molecule has 0 spiro atoms. The van der Waals surface area contributed by atoms with Crippen LogP contribution in [0.2, 0.25) is 0 Å². The van der Waals surface area contributed by atoms with Crippen molar-refractivity contribution in [2.75, 3.05) is 50.2 Å². The Kier molecular flexibility index (Phi) is 13.4. The standard InChI is InChI=1S/C32H37N5O6S.C7H8/c1-7-35(8-2)24-15-11-21(12-16-24)28-29(22-13-17-25(18-14-22)36(9-3)10-4)37(32(39)34-44(40)41)31(33-28)23-19-26(42-5)30(38)27(20-23)43-6;1-7-5-3-2-4-6-7/h11-20,38H,7-10H2,1-6H3;2-6H,1H3. The Balaban J connectivity index is 0.000000742. The molecule has 0 aliphatic rings. The molecule has 0 unspecified atom stereocenters. The Bertz CT molecular complexity index is 2020. The fourth-order valence-corrected chi connectivity index (χ4v) is 5.98. The summed E-state index contributed by atoms with van der Waals surface area (Å²) in [6.45, 7) is 13.7. The van der Waals surface area contributed by atoms with Gasteiger partial charge in [-0.1, -0.05) is 64.5 Å². The van der Waals surface area contributed by atoms with Gasteiger partial charge >= 0.3 is 16.5 Å². The summed E-state index contributed by atoms with van der Waals surface area (Å²) >= 11 is 0. The highest BCUT2D eigenvalue weighted by Crippen LogP contribution is 2.43. The number of aromatic nitrogens is 2. The highest BCUT2D eigenvalue weighted by Gasteiger charge is 2.27. The van der Waals surface area contributed by atoms with E-state index in [0.29, 0.717) is 28.1 Å². The van der Waals surface area contributed by atoms with Crippen LogP contribution in [0.25, 0.3) is 33.9 Å². The average Bonchev–Trinajstić information content (AvgIpc) is 3.55. The molecule has 0 saturated carbocycles. The second-order valence-corrected chi connectivity index (χ2v) is 12.0. The van der Waals surface area contributed by atoms with E-state index in [-0.39, 0.29) is 23.1 Å². The molecule has 1 aromatic heterocycles. The molecule has 0 aliphatic heterocycles. The molecule has 11 nitrogen and oxygen atoms in total. The van der Waals surface area contributed by atoms with Crippen molar-refractivity contribution >= 4 is 27.9 Å². The van der Waals surface area contributed by atoms with E-state index < -0.39 is 16.5 Å². The number of phenolic OH excluding ortho intramolecular Hbond substituents is 1. The van der Waals surface area contributed by atoms with Gasteiger partial charge in [0.15, 0.2) is 11.5 Å². The average molecular weight is 712 g/mol. The lowest BCUT2D eigenvalue weighted by molar-refractivity contribution is 0.251. The maximum Gasteiger partial charge on any atom is 0.368 e. The minimum atomic E-state index is -3.02. The Morgan fingerprint density at radius 1 is 0.745 bits per heavy atom. The first-order chi connectivity index (χ1) is 24.6. The van der Waals surface area contributed by atoms with Crippen molar-refractivity contribution in [1.82, 2.24) is 9.55 Å². The number of ether oxygens (including phenoxy) is 2. The first kappa shape index (κ1) is 38.2. The molecule has 51 heavy (non-hydrogen) atoms. The van der Waals surface area contributed by atoms with E-state index in [0.717, 1.165) is 37.6 Å². The number of carbonyl (C=O) groups is 1. The van der Waals surface area contributed by atoms with Crippen molar-refractivity contribution in [1.29, 1.82) is 0 Å². The third-order valence-corrected chi connectivity index (χ3v) is 8.74. The van der Waals surface area contributed by atoms with E-state index in [1.807, 2.05) is 66.7 Å². The molecule has 0 saturated heterocycles. The van der Waals surface area contributed by atoms with Crippen LogP contribution in [0, 0.1) is 6.92 Å². The van der Waals surface area contributed by atoms with Gasteiger partial charge in [-0.05, 0) is 71.0 Å². The molecule has 4 aromatic carbocycles. The van der Waals surface area contributed by atoms with E-state index in [4.69, 9.17) is 14.5 Å². The van der Waals surface area contributed by atoms with E-state index in [9.17, 15) is 18.3 Å². The highest BCUT2D eigenvalue weighted by molar-refractivity contribution is 7.62. The largest absolute Gasteiger partial charge is 0.502 e. The maximum atomic E-state index is 13.6. The first-order valence-corrected chi connectivity index (χ1v) is 17.8. The zero-order valence-corrected chi connectivity index (χ0v) is 30.9. The molecule has 1 amide bonds. The van der Waals surface area contributed by atoms with Crippen molar-refractivity contribution in [3.8, 4) is 51.2 Å². The van der Waals surface area contributed by atoms with Crippen LogP contribution < -0.4 is 19.3 Å². The summed E-state index contributed by atoms with van der Waals surface area (Å²) in [6, 6.07) is 27.7. The van der Waals surface area contributed by atoms with E-state index in [1.54, 1.807) is 0 Å². The van der Waals surface area contributed by atoms with Crippen molar-refractivity contribution in [2.24, 2.45) is 4.36 Å². The Labute approximate surface area is 301 Å². The number of aromatic hydroxyl groups is 1. The summed E-state index contributed by atoms with van der Waals surface area (Å²) in [5, 5.41) is 10.5. The van der Waals surface area contributed by atoms with Crippen molar-refractivity contribution in [3.63, 3.8) is 0 Å². The second kappa shape index (κ2) is 17.9. The lowest BCUT2D eigenvalue weighted by Gasteiger charge is -2.21. The quantitative estimate of drug-likeness (QED) is 0.144. The first-order valence-electron chi connectivity index (χ1n) is 16.8. The van der Waals surface area contributed by atoms with Crippen molar-refractivity contribution in [2.45, 2.75) is 34.6 Å². The van der Waals surface area contributed by atoms with Gasteiger partial charge in [-0.3, -0.25) is 0 Å². The predicted molar refractivity (Wildman–Crippen MR) is 204 cm³/mol. The number of phenols is 1. The second-order valence-electron chi connectivity index (χ2n) is 11.4. The molecule has 0 atom stereocenters. The summed E-state index contributed by atoms with van der Waals surface area (Å²) in [7, 11) is -0.251. The fraction of sp³-hybridized carbons (Fsp3) is 0.282. The Morgan fingerprint density at radius 3 is 1.61 bits per heavy atom. The number of hydrogen-bond acceptors (Lipinski definition) is 9. The lowest BCUT2D eigenvalue weighted by atomic mass is 10.0. The molecule has 12 heteroatoms. The van der Waals surface area contributed by atoms with Gasteiger partial charge in [0.05, 0.1) is 25.6 Å². The molecule has 1 N–H and O–H groups in total. The van der Waals surface area contributed by atoms with Gasteiger partial charge in [0.25, 0.3) is 0 Å². The number of nitrogens with zero attached hydrogens (tertiary/aromatic N) is 5. The number of hydrogen-bond donors (Lipinski definition) is 1. The summed E-state index contributed by atoms with van der Waals surface area (Å²) in [5.74, 6) is 0.0290. The van der Waals surface area contributed by atoms with Crippen LogP contribution in [-0.2, 0) is 10.5 Å². The van der Waals surface area contributed by atoms with Gasteiger partial charge in [0.1, 0.15) is 5.82 Å². The molecule has 5 aromatic rings. The fourth-order valence-electron chi connectivity index (χ4n) is 5.77. The maximum absolute atomic E-state index is 13.6. The van der Waals surface area contributed by atoms with Crippen LogP contribution in [0.5, 0.6) is 17.2 Å². The smallest absolute Gasteiger partial charge is 0.368 e. The monoisotopic (exact) mass is 711 g/mol. The van der Waals surface area contributed by atoms with Crippen LogP contribution >= 0.6 is 0 Å². The molecule has 0 radical (unpaired) electrons. The molecule has 268 valence electrons. The molecule has 0 aliphatic carbocycles. The number of carbonyl (C=O) groups excluding carboxylic acids is 1. The van der Waals surface area contributed by atoms with Crippen LogP contribution in [0.15, 0.2) is 95.4 Å². The molecule has 1 heterocycles. The van der Waals surface area contributed by atoms with E-state index in [2.05, 4.69) is 60.9 Å². The third-order valence-electron chi connectivity index (χ3n) is 8.44. The number of amides is 1. The van der Waals surface area contributed by atoms with E-state index >= 15 is 0 Å². The highest BCUT2D eigenvalue weighted by atomic mass is 32.2. The van der Waals surface area contributed by atoms with Gasteiger partial charge in [-0.25, -0.2) is 14.3 Å². The minimum absolute atomic E-state index is 0.0842. The van der Waals surface area contributed by atoms with Crippen molar-refractivity contribution in [3.05, 3.63) is 96.6 Å². The molecule has 0 bridgehead atoms. The molecule has 0 fully saturated rings. The summed E-state index contributed by atoms with van der Waals surface area (Å²) in [5.41, 5.74) is 5.81. The van der Waals surface area contributed by atoms with Crippen LogP contribution in [0.3, 0.4) is 0 Å². The van der Waals surface area contributed by atoms with Crippen LogP contribution in [-0.4, -0.2) is 69.5 Å². The van der Waals surface area contributed by atoms with Gasteiger partial charge in [-0.15, -0.1) is 0 Å². The molecule has 5 rings (SSSR count). The van der Waals surface area contributed by atoms with E-state index in [1.165, 1.54) is 36.5 Å². The Hall–Kier alpha value is -5.62. The minimum Gasteiger partial charge on any atom is -0.502 e. The lowest BCUT2D eigenvalue weighted by Crippen LogP contribution is -2.21. The summed E-state index contributed by atoms with van der Waals surface area (Å²) in [4.78, 5) is 22.9. The summed E-state index contributed by atoms with van der Waals surface area (Å²) < 4.78 is 38.5. The van der Waals surface area contributed by atoms with Gasteiger partial charge in [0.2, 0.25) is 5.75 Å². The number of aryl methyl sites for hydroxylation is 1. The topological polar surface area (TPSA) is 127 Å².